The van der Waals surface area contributed by atoms with Crippen LogP contribution >= 0.6 is 0 Å². The topological polar surface area (TPSA) is 15.3 Å². The lowest BCUT2D eigenvalue weighted by Crippen LogP contribution is -2.60. The van der Waals surface area contributed by atoms with Crippen molar-refractivity contribution in [1.29, 1.82) is 0 Å². The monoisotopic (exact) mass is 174 g/mol. The van der Waals surface area contributed by atoms with Crippen LogP contribution in [0.3, 0.4) is 0 Å². The normalized spacial score (nSPS) is 12.5. The lowest BCUT2D eigenvalue weighted by atomic mass is 10.8. The molecule has 1 N–H and O–H groups in total. The van der Waals surface area contributed by atoms with Gasteiger partial charge in [0.15, 0.2) is 0 Å². The van der Waals surface area contributed by atoms with Crippen molar-refractivity contribution in [2.75, 3.05) is 20.6 Å². The third-order valence-corrected chi connectivity index (χ3v) is 7.60. The predicted molar refractivity (Wildman–Crippen MR) is 54.1 cm³/mol. The van der Waals surface area contributed by atoms with Crippen LogP contribution in [0.25, 0.3) is 0 Å². The van der Waals surface area contributed by atoms with Gasteiger partial charge in [0.05, 0.1) is 0 Å². The quantitative estimate of drug-likeness (QED) is 0.638. The van der Waals surface area contributed by atoms with Gasteiger partial charge in [-0.25, -0.2) is 0 Å². The number of rotatable bonds is 5. The molecule has 0 aromatic rings. The second kappa shape index (κ2) is 4.90. The van der Waals surface area contributed by atoms with E-state index < -0.39 is 8.40 Å². The average molecular weight is 174 g/mol. The van der Waals surface area contributed by atoms with E-state index in [2.05, 4.69) is 44.4 Å². The molecular weight excluding hydrogens is 152 g/mol. The fraction of sp³-hybridized carbons (Fsp3) is 1.00. The Hall–Kier alpha value is 0.137. The summed E-state index contributed by atoms with van der Waals surface area (Å²) < 4.78 is 2.41. The largest absolute Gasteiger partial charge is 0.325 e. The first-order valence-corrected chi connectivity index (χ1v) is 6.91. The van der Waals surface area contributed by atoms with Gasteiger partial charge in [0.25, 0.3) is 0 Å². The summed E-state index contributed by atoms with van der Waals surface area (Å²) in [6.45, 7) is 7.87. The summed E-state index contributed by atoms with van der Waals surface area (Å²) in [5.74, 6) is 0. The Bertz CT molecular complexity index is 100. The molecular formula is C8H22N2Si. The van der Waals surface area contributed by atoms with Gasteiger partial charge in [0, 0.05) is 0 Å². The summed E-state index contributed by atoms with van der Waals surface area (Å²) in [5.41, 5.74) is 0. The molecule has 0 fully saturated rings. The zero-order chi connectivity index (χ0) is 8.91. The van der Waals surface area contributed by atoms with E-state index in [4.69, 9.17) is 0 Å². The fourth-order valence-electron chi connectivity index (χ4n) is 1.62. The fourth-order valence-corrected chi connectivity index (χ4v) is 4.86. The van der Waals surface area contributed by atoms with Gasteiger partial charge in [-0.2, -0.15) is 0 Å². The maximum absolute atomic E-state index is 3.66. The van der Waals surface area contributed by atoms with E-state index in [0.29, 0.717) is 0 Å². The van der Waals surface area contributed by atoms with Crippen molar-refractivity contribution in [1.82, 2.24) is 9.55 Å². The molecule has 11 heavy (non-hydrogen) atoms. The molecule has 2 nitrogen and oxygen atoms in total. The number of nitrogens with one attached hydrogen (secondary N) is 1. The van der Waals surface area contributed by atoms with E-state index >= 15 is 0 Å². The van der Waals surface area contributed by atoms with E-state index in [-0.39, 0.29) is 0 Å². The van der Waals surface area contributed by atoms with Gasteiger partial charge in [-0.1, -0.05) is 20.8 Å². The van der Waals surface area contributed by atoms with Crippen LogP contribution in [0.5, 0.6) is 0 Å². The van der Waals surface area contributed by atoms with Crippen LogP contribution in [0, 0.1) is 0 Å². The molecule has 0 unspecified atom stereocenters. The van der Waals surface area contributed by atoms with Crippen molar-refractivity contribution in [3.63, 3.8) is 0 Å². The van der Waals surface area contributed by atoms with Gasteiger partial charge in [-0.3, -0.25) is 0 Å². The SMILES string of the molecule is CCN[Si](CC)(CC)N(C)C. The molecule has 3 heteroatoms. The highest BCUT2D eigenvalue weighted by Gasteiger charge is 2.30. The Labute approximate surface area is 72.1 Å². The van der Waals surface area contributed by atoms with Crippen LogP contribution in [0.1, 0.15) is 20.8 Å². The maximum Gasteiger partial charge on any atom is 0.203 e. The number of hydrogen-bond donors (Lipinski definition) is 1. The van der Waals surface area contributed by atoms with E-state index in [9.17, 15) is 0 Å². The average Bonchev–Trinajstić information content (AvgIpc) is 2.00. The minimum Gasteiger partial charge on any atom is -0.325 e. The highest BCUT2D eigenvalue weighted by molar-refractivity contribution is 6.74. The Kier molecular flexibility index (Phi) is 4.96. The van der Waals surface area contributed by atoms with Crippen molar-refractivity contribution < 1.29 is 0 Å². The molecule has 0 bridgehead atoms. The Morgan fingerprint density at radius 1 is 1.09 bits per heavy atom. The molecule has 0 rings (SSSR count). The molecule has 0 aliphatic carbocycles. The maximum atomic E-state index is 3.66. The standard InChI is InChI=1S/C8H22N2Si/c1-6-9-11(7-2,8-3)10(4)5/h9H,6-8H2,1-5H3. The first-order chi connectivity index (χ1) is 5.13. The van der Waals surface area contributed by atoms with Crippen LogP contribution in [0.2, 0.25) is 12.1 Å². The van der Waals surface area contributed by atoms with Gasteiger partial charge in [-0.15, -0.1) is 0 Å². The predicted octanol–water partition coefficient (Wildman–Crippen LogP) is 1.64. The van der Waals surface area contributed by atoms with Gasteiger partial charge < -0.3 is 9.55 Å². The smallest absolute Gasteiger partial charge is 0.203 e. The molecule has 0 saturated carbocycles. The van der Waals surface area contributed by atoms with Crippen molar-refractivity contribution in [3.05, 3.63) is 0 Å². The van der Waals surface area contributed by atoms with E-state index in [1.165, 1.54) is 12.1 Å². The number of hydrogen-bond acceptors (Lipinski definition) is 2. The molecule has 0 aliphatic rings. The second-order valence-electron chi connectivity index (χ2n) is 3.16. The summed E-state index contributed by atoms with van der Waals surface area (Å²) in [6.07, 6.45) is 0. The lowest BCUT2D eigenvalue weighted by Gasteiger charge is -2.36. The van der Waals surface area contributed by atoms with E-state index in [0.717, 1.165) is 6.54 Å². The summed E-state index contributed by atoms with van der Waals surface area (Å²) in [7, 11) is 3.16. The minimum atomic E-state index is -1.24. The van der Waals surface area contributed by atoms with Crippen molar-refractivity contribution in [2.45, 2.75) is 32.9 Å². The molecule has 0 aliphatic heterocycles. The molecule has 0 radical (unpaired) electrons. The van der Waals surface area contributed by atoms with Crippen LogP contribution < -0.4 is 4.98 Å². The molecule has 0 aromatic carbocycles. The summed E-state index contributed by atoms with van der Waals surface area (Å²) in [4.78, 5) is 3.66. The van der Waals surface area contributed by atoms with Crippen molar-refractivity contribution in [3.8, 4) is 0 Å². The highest BCUT2D eigenvalue weighted by atomic mass is 28.3. The molecule has 0 heterocycles. The van der Waals surface area contributed by atoms with E-state index in [1.807, 2.05) is 0 Å². The summed E-state index contributed by atoms with van der Waals surface area (Å²) in [6, 6.07) is 2.59. The van der Waals surface area contributed by atoms with Crippen LogP contribution in [0.15, 0.2) is 0 Å². The van der Waals surface area contributed by atoms with Gasteiger partial charge in [0.1, 0.15) is 0 Å². The summed E-state index contributed by atoms with van der Waals surface area (Å²) >= 11 is 0. The first kappa shape index (κ1) is 11.1. The first-order valence-electron chi connectivity index (χ1n) is 4.55. The third kappa shape index (κ3) is 2.58. The lowest BCUT2D eigenvalue weighted by molar-refractivity contribution is 0.578. The molecule has 0 amide bonds. The Morgan fingerprint density at radius 2 is 1.55 bits per heavy atom. The zero-order valence-electron chi connectivity index (χ0n) is 8.57. The van der Waals surface area contributed by atoms with Gasteiger partial charge >= 0.3 is 0 Å². The van der Waals surface area contributed by atoms with Crippen molar-refractivity contribution in [2.24, 2.45) is 0 Å². The minimum absolute atomic E-state index is 1.10. The number of nitrogens with zero attached hydrogens (tertiary/aromatic N) is 1. The molecule has 68 valence electrons. The Balaban J connectivity index is 4.20. The van der Waals surface area contributed by atoms with Crippen LogP contribution in [-0.4, -0.2) is 33.6 Å². The van der Waals surface area contributed by atoms with Gasteiger partial charge in [0.2, 0.25) is 8.40 Å². The van der Waals surface area contributed by atoms with Crippen LogP contribution in [0.4, 0.5) is 0 Å². The zero-order valence-corrected chi connectivity index (χ0v) is 9.57. The second-order valence-corrected chi connectivity index (χ2v) is 7.89. The highest BCUT2D eigenvalue weighted by Crippen LogP contribution is 2.13. The van der Waals surface area contributed by atoms with Crippen LogP contribution in [-0.2, 0) is 0 Å². The van der Waals surface area contributed by atoms with Gasteiger partial charge in [-0.05, 0) is 32.7 Å². The molecule has 0 spiro atoms. The molecule has 0 atom stereocenters. The Morgan fingerprint density at radius 3 is 1.64 bits per heavy atom. The van der Waals surface area contributed by atoms with E-state index in [1.54, 1.807) is 0 Å². The van der Waals surface area contributed by atoms with Crippen molar-refractivity contribution >= 4 is 8.40 Å². The summed E-state index contributed by atoms with van der Waals surface area (Å²) in [5, 5.41) is 0. The molecule has 0 saturated heterocycles. The third-order valence-electron chi connectivity index (χ3n) is 2.53. The molecule has 0 aromatic heterocycles.